The van der Waals surface area contributed by atoms with Gasteiger partial charge >= 0.3 is 0 Å². The van der Waals surface area contributed by atoms with Crippen LogP contribution in [0.5, 0.6) is 0 Å². The van der Waals surface area contributed by atoms with Crippen LogP contribution in [0.2, 0.25) is 0 Å². The van der Waals surface area contributed by atoms with E-state index in [0.717, 1.165) is 12.1 Å². The molecule has 0 aliphatic rings. The Hall–Kier alpha value is -1.75. The Bertz CT molecular complexity index is 483. The van der Waals surface area contributed by atoms with Gasteiger partial charge in [0.1, 0.15) is 12.4 Å². The van der Waals surface area contributed by atoms with E-state index < -0.39 is 6.10 Å². The molecular formula is C13H18N4O. The Balaban J connectivity index is 2.03. The van der Waals surface area contributed by atoms with E-state index in [9.17, 15) is 5.11 Å². The van der Waals surface area contributed by atoms with Crippen LogP contribution in [-0.2, 0) is 6.42 Å². The van der Waals surface area contributed by atoms with Crippen LogP contribution in [-0.4, -0.2) is 24.9 Å². The van der Waals surface area contributed by atoms with Crippen molar-refractivity contribution in [2.24, 2.45) is 0 Å². The third-order valence-electron chi connectivity index (χ3n) is 3.05. The van der Waals surface area contributed by atoms with E-state index in [1.807, 2.05) is 16.9 Å². The molecule has 0 radical (unpaired) electrons. The average Bonchev–Trinajstić information content (AvgIpc) is 2.87. The zero-order valence-electron chi connectivity index (χ0n) is 10.7. The Labute approximate surface area is 107 Å². The molecule has 5 heteroatoms. The quantitative estimate of drug-likeness (QED) is 0.875. The van der Waals surface area contributed by atoms with Gasteiger partial charge in [-0.25, -0.2) is 9.97 Å². The van der Waals surface area contributed by atoms with E-state index >= 15 is 0 Å². The maximum atomic E-state index is 10.0. The molecule has 18 heavy (non-hydrogen) atoms. The molecule has 2 rings (SSSR count). The van der Waals surface area contributed by atoms with Gasteiger partial charge in [-0.15, -0.1) is 0 Å². The van der Waals surface area contributed by atoms with Crippen molar-refractivity contribution in [3.05, 3.63) is 42.2 Å². The second kappa shape index (κ2) is 5.73. The molecule has 0 amide bonds. The molecule has 2 aromatic heterocycles. The van der Waals surface area contributed by atoms with Crippen LogP contribution < -0.4 is 0 Å². The predicted octanol–water partition coefficient (Wildman–Crippen LogP) is 1.92. The number of aliphatic hydroxyl groups is 1. The second-order valence-corrected chi connectivity index (χ2v) is 4.40. The lowest BCUT2D eigenvalue weighted by atomic mass is 10.1. The first kappa shape index (κ1) is 12.7. The normalized spacial score (nSPS) is 14.4. The van der Waals surface area contributed by atoms with Crippen LogP contribution in [0.3, 0.4) is 0 Å². The van der Waals surface area contributed by atoms with Crippen molar-refractivity contribution in [1.82, 2.24) is 19.7 Å². The first-order chi connectivity index (χ1) is 8.70. The molecule has 0 aromatic carbocycles. The van der Waals surface area contributed by atoms with Crippen molar-refractivity contribution in [2.75, 3.05) is 0 Å². The van der Waals surface area contributed by atoms with Crippen LogP contribution in [0.1, 0.15) is 43.8 Å². The topological polar surface area (TPSA) is 63.8 Å². The first-order valence-electron chi connectivity index (χ1n) is 6.18. The average molecular weight is 246 g/mol. The van der Waals surface area contributed by atoms with Crippen LogP contribution >= 0.6 is 0 Å². The van der Waals surface area contributed by atoms with Crippen molar-refractivity contribution in [1.29, 1.82) is 0 Å². The minimum atomic E-state index is -0.631. The summed E-state index contributed by atoms with van der Waals surface area (Å²) in [6, 6.07) is 4.04. The van der Waals surface area contributed by atoms with Crippen molar-refractivity contribution >= 4 is 0 Å². The number of aliphatic hydroxyl groups excluding tert-OH is 1. The van der Waals surface area contributed by atoms with Crippen molar-refractivity contribution in [3.8, 4) is 0 Å². The Morgan fingerprint density at radius 2 is 2.22 bits per heavy atom. The summed E-state index contributed by atoms with van der Waals surface area (Å²) in [5.74, 6) is 0. The molecule has 0 spiro atoms. The second-order valence-electron chi connectivity index (χ2n) is 4.40. The number of nitrogens with zero attached hydrogens (tertiary/aromatic N) is 4. The van der Waals surface area contributed by atoms with Gasteiger partial charge in [-0.05, 0) is 25.5 Å². The SMILES string of the molecule is CCC(C)n1ccc(CC(O)c2ccncn2)n1. The molecule has 0 saturated carbocycles. The zero-order valence-corrected chi connectivity index (χ0v) is 10.7. The molecular weight excluding hydrogens is 228 g/mol. The lowest BCUT2D eigenvalue weighted by molar-refractivity contribution is 0.172. The highest BCUT2D eigenvalue weighted by Crippen LogP contribution is 2.16. The van der Waals surface area contributed by atoms with Crippen molar-refractivity contribution in [2.45, 2.75) is 38.8 Å². The summed E-state index contributed by atoms with van der Waals surface area (Å²) >= 11 is 0. The van der Waals surface area contributed by atoms with Gasteiger partial charge in [0.15, 0.2) is 0 Å². The smallest absolute Gasteiger partial charge is 0.115 e. The molecule has 2 atom stereocenters. The van der Waals surface area contributed by atoms with Gasteiger partial charge in [0.25, 0.3) is 0 Å². The highest BCUT2D eigenvalue weighted by Gasteiger charge is 2.12. The fraction of sp³-hybridized carbons (Fsp3) is 0.462. The van der Waals surface area contributed by atoms with E-state index in [2.05, 4.69) is 28.9 Å². The molecule has 0 aliphatic carbocycles. The molecule has 1 N–H and O–H groups in total. The summed E-state index contributed by atoms with van der Waals surface area (Å²) < 4.78 is 1.93. The van der Waals surface area contributed by atoms with Crippen molar-refractivity contribution < 1.29 is 5.11 Å². The Kier molecular flexibility index (Phi) is 4.04. The molecule has 5 nitrogen and oxygen atoms in total. The van der Waals surface area contributed by atoms with Gasteiger partial charge in [0.2, 0.25) is 0 Å². The highest BCUT2D eigenvalue weighted by atomic mass is 16.3. The van der Waals surface area contributed by atoms with Gasteiger partial charge < -0.3 is 5.11 Å². The van der Waals surface area contributed by atoms with Gasteiger partial charge in [0.05, 0.1) is 11.4 Å². The number of aromatic nitrogens is 4. The summed E-state index contributed by atoms with van der Waals surface area (Å²) in [7, 11) is 0. The molecule has 2 aromatic rings. The van der Waals surface area contributed by atoms with E-state index in [-0.39, 0.29) is 0 Å². The van der Waals surface area contributed by atoms with Crippen molar-refractivity contribution in [3.63, 3.8) is 0 Å². The fourth-order valence-corrected chi connectivity index (χ4v) is 1.72. The minimum Gasteiger partial charge on any atom is -0.386 e. The molecule has 0 fully saturated rings. The van der Waals surface area contributed by atoms with E-state index in [1.165, 1.54) is 6.33 Å². The summed E-state index contributed by atoms with van der Waals surface area (Å²) in [4.78, 5) is 7.87. The maximum Gasteiger partial charge on any atom is 0.115 e. The lowest BCUT2D eigenvalue weighted by Crippen LogP contribution is -2.07. The first-order valence-corrected chi connectivity index (χ1v) is 6.18. The van der Waals surface area contributed by atoms with Crippen LogP contribution in [0.4, 0.5) is 0 Å². The molecule has 0 saturated heterocycles. The van der Waals surface area contributed by atoms with Gasteiger partial charge in [-0.1, -0.05) is 6.92 Å². The van der Waals surface area contributed by atoms with E-state index in [0.29, 0.717) is 18.2 Å². The standard InChI is InChI=1S/C13H18N4O/c1-3-10(2)17-7-5-11(16-17)8-13(18)12-4-6-14-9-15-12/h4-7,9-10,13,18H,3,8H2,1-2H3. The molecule has 96 valence electrons. The van der Waals surface area contributed by atoms with Crippen LogP contribution in [0, 0.1) is 0 Å². The minimum absolute atomic E-state index is 0.384. The molecule has 2 unspecified atom stereocenters. The summed E-state index contributed by atoms with van der Waals surface area (Å²) in [5, 5.41) is 14.5. The number of hydrogen-bond acceptors (Lipinski definition) is 4. The van der Waals surface area contributed by atoms with E-state index in [1.54, 1.807) is 12.3 Å². The third-order valence-corrected chi connectivity index (χ3v) is 3.05. The maximum absolute atomic E-state index is 10.0. The fourth-order valence-electron chi connectivity index (χ4n) is 1.72. The number of rotatable bonds is 5. The van der Waals surface area contributed by atoms with Crippen LogP contribution in [0.15, 0.2) is 30.9 Å². The third kappa shape index (κ3) is 2.92. The Morgan fingerprint density at radius 1 is 1.39 bits per heavy atom. The lowest BCUT2D eigenvalue weighted by Gasteiger charge is -2.09. The molecule has 0 bridgehead atoms. The van der Waals surface area contributed by atoms with Gasteiger partial charge in [-0.3, -0.25) is 4.68 Å². The summed E-state index contributed by atoms with van der Waals surface area (Å²) in [5.41, 5.74) is 1.50. The van der Waals surface area contributed by atoms with E-state index in [4.69, 9.17) is 0 Å². The summed E-state index contributed by atoms with van der Waals surface area (Å²) in [6.07, 6.45) is 5.90. The highest BCUT2D eigenvalue weighted by molar-refractivity contribution is 5.08. The van der Waals surface area contributed by atoms with Crippen LogP contribution in [0.25, 0.3) is 0 Å². The zero-order chi connectivity index (χ0) is 13.0. The predicted molar refractivity (Wildman–Crippen MR) is 67.9 cm³/mol. The monoisotopic (exact) mass is 246 g/mol. The number of hydrogen-bond donors (Lipinski definition) is 1. The summed E-state index contributed by atoms with van der Waals surface area (Å²) in [6.45, 7) is 4.25. The molecule has 2 heterocycles. The Morgan fingerprint density at radius 3 is 2.89 bits per heavy atom. The largest absolute Gasteiger partial charge is 0.386 e. The van der Waals surface area contributed by atoms with Gasteiger partial charge in [-0.2, -0.15) is 5.10 Å². The van der Waals surface area contributed by atoms with Gasteiger partial charge in [0, 0.05) is 24.9 Å². The molecule has 0 aliphatic heterocycles.